The molecule has 0 atom stereocenters. The number of aromatic nitrogens is 1. The Morgan fingerprint density at radius 1 is 1.38 bits per heavy atom. The van der Waals surface area contributed by atoms with Gasteiger partial charge < -0.3 is 5.11 Å². The minimum absolute atomic E-state index is 0.0873. The predicted molar refractivity (Wildman–Crippen MR) is 73.5 cm³/mol. The van der Waals surface area contributed by atoms with Crippen LogP contribution in [0.2, 0.25) is 0 Å². The molecule has 0 amide bonds. The number of carboxylic acids is 1. The Hall–Kier alpha value is -1.89. The summed E-state index contributed by atoms with van der Waals surface area (Å²) in [5.74, 6) is -1.10. The SMILES string of the molecule is CCCc1nc(-c2cccc(C(F)(F)F)c2)sc1C(=O)O. The molecule has 0 spiro atoms. The molecule has 0 aliphatic heterocycles. The number of halogens is 3. The first kappa shape index (κ1) is 15.5. The molecule has 0 aliphatic carbocycles. The number of thiazole rings is 1. The molecule has 1 aromatic carbocycles. The normalized spacial score (nSPS) is 11.6. The summed E-state index contributed by atoms with van der Waals surface area (Å²) in [7, 11) is 0. The zero-order valence-corrected chi connectivity index (χ0v) is 11.9. The van der Waals surface area contributed by atoms with E-state index < -0.39 is 17.7 Å². The molecule has 7 heteroatoms. The monoisotopic (exact) mass is 315 g/mol. The van der Waals surface area contributed by atoms with Crippen molar-refractivity contribution in [2.24, 2.45) is 0 Å². The van der Waals surface area contributed by atoms with Gasteiger partial charge in [0.15, 0.2) is 0 Å². The van der Waals surface area contributed by atoms with E-state index in [0.29, 0.717) is 23.5 Å². The number of aryl methyl sites for hydroxylation is 1. The van der Waals surface area contributed by atoms with E-state index in [0.717, 1.165) is 23.5 Å². The summed E-state index contributed by atoms with van der Waals surface area (Å²) < 4.78 is 38.1. The van der Waals surface area contributed by atoms with Crippen LogP contribution in [0, 0.1) is 0 Å². The average Bonchev–Trinajstić information content (AvgIpc) is 2.83. The minimum atomic E-state index is -4.44. The third kappa shape index (κ3) is 3.41. The van der Waals surface area contributed by atoms with Gasteiger partial charge in [0.25, 0.3) is 0 Å². The molecule has 1 heterocycles. The van der Waals surface area contributed by atoms with Gasteiger partial charge in [0.1, 0.15) is 9.88 Å². The van der Waals surface area contributed by atoms with E-state index in [4.69, 9.17) is 5.11 Å². The van der Waals surface area contributed by atoms with Crippen LogP contribution in [0.1, 0.15) is 34.3 Å². The number of aromatic carboxylic acids is 1. The zero-order valence-electron chi connectivity index (χ0n) is 11.1. The van der Waals surface area contributed by atoms with Crippen LogP contribution < -0.4 is 0 Å². The quantitative estimate of drug-likeness (QED) is 0.905. The highest BCUT2D eigenvalue weighted by Crippen LogP contribution is 2.34. The van der Waals surface area contributed by atoms with Gasteiger partial charge >= 0.3 is 12.1 Å². The van der Waals surface area contributed by atoms with Gasteiger partial charge in [0.05, 0.1) is 11.3 Å². The Balaban J connectivity index is 2.47. The molecule has 0 aliphatic rings. The Morgan fingerprint density at radius 3 is 2.67 bits per heavy atom. The van der Waals surface area contributed by atoms with E-state index in [-0.39, 0.29) is 10.4 Å². The van der Waals surface area contributed by atoms with Crippen LogP contribution in [-0.4, -0.2) is 16.1 Å². The topological polar surface area (TPSA) is 50.2 Å². The predicted octanol–water partition coefficient (Wildman–Crippen LogP) is 4.48. The maximum Gasteiger partial charge on any atom is 0.416 e. The smallest absolute Gasteiger partial charge is 0.416 e. The van der Waals surface area contributed by atoms with Gasteiger partial charge in [-0.1, -0.05) is 25.5 Å². The second-order valence-corrected chi connectivity index (χ2v) is 5.43. The number of rotatable bonds is 4. The third-order valence-corrected chi connectivity index (χ3v) is 3.95. The van der Waals surface area contributed by atoms with E-state index in [2.05, 4.69) is 4.98 Å². The lowest BCUT2D eigenvalue weighted by atomic mass is 10.1. The Kier molecular flexibility index (Phi) is 4.32. The Bertz CT molecular complexity index is 664. The van der Waals surface area contributed by atoms with Gasteiger partial charge in [0.2, 0.25) is 0 Å². The Morgan fingerprint density at radius 2 is 2.10 bits per heavy atom. The first-order valence-electron chi connectivity index (χ1n) is 6.23. The second kappa shape index (κ2) is 5.85. The molecule has 0 radical (unpaired) electrons. The summed E-state index contributed by atoms with van der Waals surface area (Å²) in [5.41, 5.74) is -0.0776. The van der Waals surface area contributed by atoms with Crippen LogP contribution in [0.25, 0.3) is 10.6 Å². The highest BCUT2D eigenvalue weighted by Gasteiger charge is 2.30. The lowest BCUT2D eigenvalue weighted by Gasteiger charge is -2.07. The van der Waals surface area contributed by atoms with E-state index >= 15 is 0 Å². The molecule has 2 rings (SSSR count). The van der Waals surface area contributed by atoms with Gasteiger partial charge in [-0.25, -0.2) is 9.78 Å². The number of carboxylic acid groups (broad SMARTS) is 1. The lowest BCUT2D eigenvalue weighted by Crippen LogP contribution is -2.04. The van der Waals surface area contributed by atoms with Gasteiger partial charge in [-0.15, -0.1) is 11.3 Å². The maximum atomic E-state index is 12.7. The van der Waals surface area contributed by atoms with Crippen molar-refractivity contribution in [3.8, 4) is 10.6 Å². The molecular formula is C14H12F3NO2S. The molecule has 0 saturated heterocycles. The van der Waals surface area contributed by atoms with Crippen molar-refractivity contribution in [3.63, 3.8) is 0 Å². The number of alkyl halides is 3. The number of nitrogens with zero attached hydrogens (tertiary/aromatic N) is 1. The van der Waals surface area contributed by atoms with E-state index in [9.17, 15) is 18.0 Å². The van der Waals surface area contributed by atoms with Gasteiger partial charge in [-0.3, -0.25) is 0 Å². The van der Waals surface area contributed by atoms with Crippen LogP contribution in [0.4, 0.5) is 13.2 Å². The van der Waals surface area contributed by atoms with Crippen LogP contribution in [0.5, 0.6) is 0 Å². The summed E-state index contributed by atoms with van der Waals surface area (Å²) in [5, 5.41) is 9.42. The van der Waals surface area contributed by atoms with Gasteiger partial charge in [-0.05, 0) is 18.6 Å². The minimum Gasteiger partial charge on any atom is -0.477 e. The standard InChI is InChI=1S/C14H12F3NO2S/c1-2-4-10-11(13(19)20)21-12(18-10)8-5-3-6-9(7-8)14(15,16)17/h3,5-7H,2,4H2,1H3,(H,19,20). The molecule has 0 saturated carbocycles. The fraction of sp³-hybridized carbons (Fsp3) is 0.286. The first-order chi connectivity index (χ1) is 9.82. The van der Waals surface area contributed by atoms with Crippen molar-refractivity contribution in [1.29, 1.82) is 0 Å². The molecule has 1 N–H and O–H groups in total. The molecule has 112 valence electrons. The van der Waals surface area contributed by atoms with Crippen molar-refractivity contribution >= 4 is 17.3 Å². The first-order valence-corrected chi connectivity index (χ1v) is 7.05. The van der Waals surface area contributed by atoms with Crippen molar-refractivity contribution in [2.45, 2.75) is 25.9 Å². The second-order valence-electron chi connectivity index (χ2n) is 4.43. The molecule has 0 fully saturated rings. The molecule has 21 heavy (non-hydrogen) atoms. The molecule has 0 bridgehead atoms. The fourth-order valence-corrected chi connectivity index (χ4v) is 2.82. The lowest BCUT2D eigenvalue weighted by molar-refractivity contribution is -0.137. The van der Waals surface area contributed by atoms with Crippen LogP contribution in [-0.2, 0) is 12.6 Å². The molecule has 0 unspecified atom stereocenters. The van der Waals surface area contributed by atoms with E-state index in [1.54, 1.807) is 0 Å². The Labute approximate surface area is 123 Å². The molecule has 1 aromatic heterocycles. The maximum absolute atomic E-state index is 12.7. The van der Waals surface area contributed by atoms with E-state index in [1.165, 1.54) is 12.1 Å². The summed E-state index contributed by atoms with van der Waals surface area (Å²) >= 11 is 0.902. The average molecular weight is 315 g/mol. The number of hydrogen-bond acceptors (Lipinski definition) is 3. The van der Waals surface area contributed by atoms with E-state index in [1.807, 2.05) is 6.92 Å². The molecular weight excluding hydrogens is 303 g/mol. The summed E-state index contributed by atoms with van der Waals surface area (Å²) in [6.45, 7) is 1.88. The van der Waals surface area contributed by atoms with Crippen molar-refractivity contribution in [1.82, 2.24) is 4.98 Å². The highest BCUT2D eigenvalue weighted by molar-refractivity contribution is 7.17. The van der Waals surface area contributed by atoms with Crippen molar-refractivity contribution in [2.75, 3.05) is 0 Å². The van der Waals surface area contributed by atoms with Crippen LogP contribution >= 0.6 is 11.3 Å². The van der Waals surface area contributed by atoms with Crippen molar-refractivity contribution in [3.05, 3.63) is 40.4 Å². The van der Waals surface area contributed by atoms with Crippen molar-refractivity contribution < 1.29 is 23.1 Å². The summed E-state index contributed by atoms with van der Waals surface area (Å²) in [4.78, 5) is 15.4. The molecule has 2 aromatic rings. The number of hydrogen-bond donors (Lipinski definition) is 1. The number of carbonyl (C=O) groups is 1. The number of benzene rings is 1. The van der Waals surface area contributed by atoms with Gasteiger partial charge in [0, 0.05) is 5.56 Å². The summed E-state index contributed by atoms with van der Waals surface area (Å²) in [6, 6.07) is 4.75. The fourth-order valence-electron chi connectivity index (χ4n) is 1.88. The summed E-state index contributed by atoms with van der Waals surface area (Å²) in [6.07, 6.45) is -3.24. The zero-order chi connectivity index (χ0) is 15.6. The van der Waals surface area contributed by atoms with Crippen LogP contribution in [0.15, 0.2) is 24.3 Å². The molecule has 3 nitrogen and oxygen atoms in total. The van der Waals surface area contributed by atoms with Crippen LogP contribution in [0.3, 0.4) is 0 Å². The third-order valence-electron chi connectivity index (χ3n) is 2.82. The van der Waals surface area contributed by atoms with Gasteiger partial charge in [-0.2, -0.15) is 13.2 Å². The largest absolute Gasteiger partial charge is 0.477 e. The highest BCUT2D eigenvalue weighted by atomic mass is 32.1.